The summed E-state index contributed by atoms with van der Waals surface area (Å²) in [6.07, 6.45) is -0.0647. The Morgan fingerprint density at radius 2 is 1.81 bits per heavy atom. The fourth-order valence-electron chi connectivity index (χ4n) is 2.34. The van der Waals surface area contributed by atoms with Crippen molar-refractivity contribution in [1.82, 2.24) is 5.32 Å². The van der Waals surface area contributed by atoms with E-state index in [1.165, 1.54) is 25.3 Å². The third kappa shape index (κ3) is 5.12. The van der Waals surface area contributed by atoms with Gasteiger partial charge in [-0.05, 0) is 18.2 Å². The lowest BCUT2D eigenvalue weighted by Crippen LogP contribution is -2.43. The molecular weight excluding hydrogens is 472 g/mol. The first kappa shape index (κ1) is 20.1. The van der Waals surface area contributed by atoms with Crippen LogP contribution in [-0.4, -0.2) is 30.0 Å². The first-order chi connectivity index (χ1) is 12.3. The van der Waals surface area contributed by atoms with Crippen LogP contribution in [0.15, 0.2) is 51.4 Å². The molecule has 0 heterocycles. The normalized spacial score (nSPS) is 11.5. The summed E-state index contributed by atoms with van der Waals surface area (Å²) in [6.45, 7) is 0. The Balaban J connectivity index is 2.27. The highest BCUT2D eigenvalue weighted by atomic mass is 79.9. The molecule has 0 saturated carbocycles. The van der Waals surface area contributed by atoms with Gasteiger partial charge in [-0.2, -0.15) is 0 Å². The number of ether oxygens (including phenoxy) is 1. The molecule has 0 aliphatic carbocycles. The number of esters is 1. The van der Waals surface area contributed by atoms with Crippen LogP contribution in [-0.2, 0) is 16.0 Å². The van der Waals surface area contributed by atoms with Crippen LogP contribution < -0.4 is 5.32 Å². The Morgan fingerprint density at radius 1 is 1.19 bits per heavy atom. The molecule has 0 radical (unpaired) electrons. The van der Waals surface area contributed by atoms with Crippen LogP contribution in [0.1, 0.15) is 15.9 Å². The molecule has 26 heavy (non-hydrogen) atoms. The fraction of sp³-hybridized carbons (Fsp3) is 0.176. The molecule has 0 aromatic heterocycles. The minimum Gasteiger partial charge on any atom is -0.467 e. The third-order valence-electron chi connectivity index (χ3n) is 3.53. The molecule has 0 saturated heterocycles. The van der Waals surface area contributed by atoms with Gasteiger partial charge in [-0.25, -0.2) is 4.79 Å². The van der Waals surface area contributed by atoms with Crippen molar-refractivity contribution in [3.63, 3.8) is 0 Å². The Hall–Kier alpha value is -2.26. The number of methoxy groups -OCH3 is 1. The lowest BCUT2D eigenvalue weighted by atomic mass is 10.0. The Kier molecular flexibility index (Phi) is 6.87. The summed E-state index contributed by atoms with van der Waals surface area (Å²) in [6, 6.07) is 9.94. The van der Waals surface area contributed by atoms with Crippen LogP contribution in [0.5, 0.6) is 0 Å². The summed E-state index contributed by atoms with van der Waals surface area (Å²) >= 11 is 6.59. The average Bonchev–Trinajstić information content (AvgIpc) is 2.59. The van der Waals surface area contributed by atoms with E-state index in [4.69, 9.17) is 4.74 Å². The van der Waals surface area contributed by atoms with Gasteiger partial charge in [0.15, 0.2) is 0 Å². The smallest absolute Gasteiger partial charge is 0.328 e. The van der Waals surface area contributed by atoms with Gasteiger partial charge in [-0.15, -0.1) is 0 Å². The fourth-order valence-corrected chi connectivity index (χ4v) is 3.64. The standard InChI is InChI=1S/C17H14Br2N2O5/c1-26-17(23)14(8-10-4-2-3-5-15(10)21(24)25)20-16(22)11-6-12(18)9-13(19)7-11/h2-7,9,14H,8H2,1H3,(H,20,22)/t14-/m0/s1. The molecule has 0 fully saturated rings. The number of halogens is 2. The zero-order valence-electron chi connectivity index (χ0n) is 13.6. The van der Waals surface area contributed by atoms with Crippen LogP contribution in [0.4, 0.5) is 5.69 Å². The zero-order valence-corrected chi connectivity index (χ0v) is 16.7. The number of carbonyl (C=O) groups excluding carboxylic acids is 2. The zero-order chi connectivity index (χ0) is 19.3. The van der Waals surface area contributed by atoms with Crippen molar-refractivity contribution in [1.29, 1.82) is 0 Å². The molecule has 0 spiro atoms. The molecule has 136 valence electrons. The van der Waals surface area contributed by atoms with Crippen molar-refractivity contribution >= 4 is 49.4 Å². The number of carbonyl (C=O) groups is 2. The highest BCUT2D eigenvalue weighted by Crippen LogP contribution is 2.22. The van der Waals surface area contributed by atoms with E-state index in [1.54, 1.807) is 24.3 Å². The van der Waals surface area contributed by atoms with E-state index < -0.39 is 22.8 Å². The number of rotatable bonds is 6. The van der Waals surface area contributed by atoms with E-state index in [0.717, 1.165) is 0 Å². The number of benzene rings is 2. The highest BCUT2D eigenvalue weighted by molar-refractivity contribution is 9.11. The number of para-hydroxylation sites is 1. The van der Waals surface area contributed by atoms with Crippen LogP contribution in [0.3, 0.4) is 0 Å². The number of nitrogens with one attached hydrogen (secondary N) is 1. The van der Waals surface area contributed by atoms with Crippen LogP contribution in [0.25, 0.3) is 0 Å². The largest absolute Gasteiger partial charge is 0.467 e. The number of nitro benzene ring substituents is 1. The van der Waals surface area contributed by atoms with Gasteiger partial charge in [0.1, 0.15) is 6.04 Å². The summed E-state index contributed by atoms with van der Waals surface area (Å²) in [5.41, 5.74) is 0.521. The van der Waals surface area contributed by atoms with E-state index in [9.17, 15) is 19.7 Å². The molecule has 1 amide bonds. The number of nitro groups is 1. The number of hydrogen-bond acceptors (Lipinski definition) is 5. The lowest BCUT2D eigenvalue weighted by molar-refractivity contribution is -0.385. The summed E-state index contributed by atoms with van der Waals surface area (Å²) in [5, 5.41) is 13.7. The maximum atomic E-state index is 12.5. The Morgan fingerprint density at radius 3 is 2.38 bits per heavy atom. The van der Waals surface area contributed by atoms with Gasteiger partial charge in [0, 0.05) is 32.6 Å². The summed E-state index contributed by atoms with van der Waals surface area (Å²) in [5.74, 6) is -1.19. The first-order valence-electron chi connectivity index (χ1n) is 7.39. The lowest BCUT2D eigenvalue weighted by Gasteiger charge is -2.17. The first-order valence-corrected chi connectivity index (χ1v) is 8.97. The molecule has 0 unspecified atom stereocenters. The van der Waals surface area contributed by atoms with E-state index >= 15 is 0 Å². The monoisotopic (exact) mass is 484 g/mol. The average molecular weight is 486 g/mol. The van der Waals surface area contributed by atoms with Gasteiger partial charge in [0.05, 0.1) is 12.0 Å². The number of hydrogen-bond donors (Lipinski definition) is 1. The second-order valence-corrected chi connectivity index (χ2v) is 7.13. The molecule has 1 N–H and O–H groups in total. The third-order valence-corrected chi connectivity index (χ3v) is 4.44. The van der Waals surface area contributed by atoms with Crippen LogP contribution in [0, 0.1) is 10.1 Å². The van der Waals surface area contributed by atoms with E-state index in [-0.39, 0.29) is 12.1 Å². The quantitative estimate of drug-likeness (QED) is 0.382. The van der Waals surface area contributed by atoms with Gasteiger partial charge in [-0.1, -0.05) is 50.1 Å². The molecule has 2 aromatic carbocycles. The van der Waals surface area contributed by atoms with E-state index in [0.29, 0.717) is 20.1 Å². The second kappa shape index (κ2) is 8.91. The molecule has 0 aliphatic rings. The van der Waals surface area contributed by atoms with Crippen molar-refractivity contribution in [3.8, 4) is 0 Å². The maximum Gasteiger partial charge on any atom is 0.328 e. The van der Waals surface area contributed by atoms with Gasteiger partial charge < -0.3 is 10.1 Å². The maximum absolute atomic E-state index is 12.5. The van der Waals surface area contributed by atoms with Gasteiger partial charge >= 0.3 is 5.97 Å². The van der Waals surface area contributed by atoms with Crippen molar-refractivity contribution in [2.75, 3.05) is 7.11 Å². The minimum atomic E-state index is -1.06. The molecule has 2 rings (SSSR count). The SMILES string of the molecule is COC(=O)[C@H](Cc1ccccc1[N+](=O)[O-])NC(=O)c1cc(Br)cc(Br)c1. The predicted molar refractivity (Wildman–Crippen MR) is 102 cm³/mol. The van der Waals surface area contributed by atoms with Gasteiger partial charge in [0.2, 0.25) is 0 Å². The molecule has 2 aromatic rings. The molecule has 0 bridgehead atoms. The van der Waals surface area contributed by atoms with Crippen molar-refractivity contribution in [2.24, 2.45) is 0 Å². The number of amides is 1. The highest BCUT2D eigenvalue weighted by Gasteiger charge is 2.26. The minimum absolute atomic E-state index is 0.0647. The summed E-state index contributed by atoms with van der Waals surface area (Å²) in [7, 11) is 1.19. The second-order valence-electron chi connectivity index (χ2n) is 5.30. The predicted octanol–water partition coefficient (Wildman–Crippen LogP) is 3.63. The van der Waals surface area contributed by atoms with Crippen molar-refractivity contribution < 1.29 is 19.2 Å². The molecule has 9 heteroatoms. The Labute approximate surface area is 166 Å². The Bertz CT molecular complexity index is 837. The van der Waals surface area contributed by atoms with Crippen molar-refractivity contribution in [3.05, 3.63) is 72.7 Å². The van der Waals surface area contributed by atoms with Gasteiger partial charge in [-0.3, -0.25) is 14.9 Å². The molecule has 7 nitrogen and oxygen atoms in total. The van der Waals surface area contributed by atoms with E-state index in [2.05, 4.69) is 37.2 Å². The molecule has 0 aliphatic heterocycles. The van der Waals surface area contributed by atoms with E-state index in [1.807, 2.05) is 0 Å². The summed E-state index contributed by atoms with van der Waals surface area (Å²) < 4.78 is 6.10. The van der Waals surface area contributed by atoms with Crippen LogP contribution in [0.2, 0.25) is 0 Å². The van der Waals surface area contributed by atoms with Gasteiger partial charge in [0.25, 0.3) is 11.6 Å². The van der Waals surface area contributed by atoms with Crippen molar-refractivity contribution in [2.45, 2.75) is 12.5 Å². The number of nitrogens with zero attached hydrogens (tertiary/aromatic N) is 1. The molecule has 1 atom stereocenters. The topological polar surface area (TPSA) is 98.5 Å². The summed E-state index contributed by atoms with van der Waals surface area (Å²) in [4.78, 5) is 35.2. The molecular formula is C17H14Br2N2O5. The van der Waals surface area contributed by atoms with Crippen LogP contribution >= 0.6 is 31.9 Å².